The monoisotopic (exact) mass is 324 g/mol. The van der Waals surface area contributed by atoms with Crippen molar-refractivity contribution < 1.29 is 14.4 Å². The predicted molar refractivity (Wildman–Crippen MR) is 90.6 cm³/mol. The molecule has 1 rings (SSSR count). The van der Waals surface area contributed by atoms with Gasteiger partial charge in [0, 0.05) is 25.9 Å². The van der Waals surface area contributed by atoms with Gasteiger partial charge in [-0.05, 0) is 23.7 Å². The van der Waals surface area contributed by atoms with Crippen LogP contribution < -0.4 is 5.32 Å². The molecule has 0 aliphatic carbocycles. The fraction of sp³-hybridized carbons (Fsp3) is 0.833. The van der Waals surface area contributed by atoms with E-state index in [4.69, 9.17) is 0 Å². The second-order valence-electron chi connectivity index (χ2n) is 8.77. The molecule has 1 heterocycles. The van der Waals surface area contributed by atoms with Crippen molar-refractivity contribution in [2.24, 2.45) is 16.7 Å². The van der Waals surface area contributed by atoms with Crippen molar-refractivity contribution >= 4 is 17.7 Å². The van der Waals surface area contributed by atoms with Crippen LogP contribution in [0.1, 0.15) is 67.2 Å². The quantitative estimate of drug-likeness (QED) is 0.603. The predicted octanol–water partition coefficient (Wildman–Crippen LogP) is 2.74. The first-order valence-electron chi connectivity index (χ1n) is 8.53. The molecule has 0 saturated carbocycles. The summed E-state index contributed by atoms with van der Waals surface area (Å²) in [5, 5.41) is 2.86. The maximum Gasteiger partial charge on any atom is 0.233 e. The number of amides is 3. The van der Waals surface area contributed by atoms with E-state index in [0.29, 0.717) is 6.54 Å². The third-order valence-electron chi connectivity index (χ3n) is 4.28. The smallest absolute Gasteiger partial charge is 0.233 e. The highest BCUT2D eigenvalue weighted by molar-refractivity contribution is 6.04. The van der Waals surface area contributed by atoms with Gasteiger partial charge in [0.25, 0.3) is 0 Å². The lowest BCUT2D eigenvalue weighted by molar-refractivity contribution is -0.140. The molecule has 132 valence electrons. The summed E-state index contributed by atoms with van der Waals surface area (Å²) in [5.41, 5.74) is 0.0395. The van der Waals surface area contributed by atoms with Gasteiger partial charge in [0.2, 0.25) is 17.7 Å². The van der Waals surface area contributed by atoms with Gasteiger partial charge in [0.15, 0.2) is 0 Å². The lowest BCUT2D eigenvalue weighted by Gasteiger charge is -2.24. The van der Waals surface area contributed by atoms with Crippen molar-refractivity contribution in [1.29, 1.82) is 0 Å². The van der Waals surface area contributed by atoms with Gasteiger partial charge in [0.05, 0.1) is 5.92 Å². The number of carbonyl (C=O) groups excluding carboxylic acids is 3. The van der Waals surface area contributed by atoms with Crippen molar-refractivity contribution in [2.45, 2.75) is 67.2 Å². The van der Waals surface area contributed by atoms with Gasteiger partial charge in [-0.25, -0.2) is 0 Å². The normalized spacial score (nSPS) is 19.4. The average molecular weight is 324 g/mol. The summed E-state index contributed by atoms with van der Waals surface area (Å²) in [6.45, 7) is 13.2. The van der Waals surface area contributed by atoms with E-state index in [1.165, 1.54) is 4.90 Å². The molecule has 0 radical (unpaired) electrons. The van der Waals surface area contributed by atoms with Gasteiger partial charge >= 0.3 is 0 Å². The zero-order valence-electron chi connectivity index (χ0n) is 15.5. The Balaban J connectivity index is 2.36. The Morgan fingerprint density at radius 2 is 1.78 bits per heavy atom. The Bertz CT molecular complexity index is 458. The number of hydrogen-bond acceptors (Lipinski definition) is 3. The Kier molecular flexibility index (Phi) is 6.37. The Morgan fingerprint density at radius 3 is 2.26 bits per heavy atom. The van der Waals surface area contributed by atoms with E-state index in [0.717, 1.165) is 12.8 Å². The van der Waals surface area contributed by atoms with E-state index in [9.17, 15) is 14.4 Å². The summed E-state index contributed by atoms with van der Waals surface area (Å²) >= 11 is 0. The molecule has 1 unspecified atom stereocenters. The summed E-state index contributed by atoms with van der Waals surface area (Å²) < 4.78 is 0. The van der Waals surface area contributed by atoms with Crippen molar-refractivity contribution in [3.8, 4) is 0 Å². The Labute approximate surface area is 140 Å². The van der Waals surface area contributed by atoms with Gasteiger partial charge in [-0.15, -0.1) is 0 Å². The number of imide groups is 1. The van der Waals surface area contributed by atoms with Crippen LogP contribution in [0.15, 0.2) is 0 Å². The molecule has 1 saturated heterocycles. The highest BCUT2D eigenvalue weighted by Crippen LogP contribution is 2.35. The molecule has 0 bridgehead atoms. The summed E-state index contributed by atoms with van der Waals surface area (Å²) in [5.74, 6) is -0.665. The number of hydrogen-bond donors (Lipinski definition) is 1. The molecule has 1 aliphatic heterocycles. The summed E-state index contributed by atoms with van der Waals surface area (Å²) in [4.78, 5) is 37.4. The highest BCUT2D eigenvalue weighted by Gasteiger charge is 2.44. The van der Waals surface area contributed by atoms with Crippen LogP contribution in [-0.2, 0) is 14.4 Å². The molecule has 23 heavy (non-hydrogen) atoms. The van der Waals surface area contributed by atoms with Crippen LogP contribution in [0.5, 0.6) is 0 Å². The standard InChI is InChI=1S/C18H32N2O3/c1-17(2,3)9-7-10-19-14(21)8-11-20-15(22)12-13(16(20)23)18(4,5)6/h13H,7-12H2,1-6H3,(H,19,21). The van der Waals surface area contributed by atoms with E-state index in [1.54, 1.807) is 0 Å². The second-order valence-corrected chi connectivity index (χ2v) is 8.77. The van der Waals surface area contributed by atoms with Crippen molar-refractivity contribution in [1.82, 2.24) is 10.2 Å². The first-order valence-corrected chi connectivity index (χ1v) is 8.53. The van der Waals surface area contributed by atoms with Crippen LogP contribution in [0.3, 0.4) is 0 Å². The van der Waals surface area contributed by atoms with Gasteiger partial charge in [-0.1, -0.05) is 41.5 Å². The molecule has 0 aromatic heterocycles. The fourth-order valence-corrected chi connectivity index (χ4v) is 2.74. The Morgan fingerprint density at radius 1 is 1.17 bits per heavy atom. The first kappa shape index (κ1) is 19.7. The molecule has 3 amide bonds. The van der Waals surface area contributed by atoms with Crippen LogP contribution in [-0.4, -0.2) is 35.7 Å². The van der Waals surface area contributed by atoms with Gasteiger partial charge in [0.1, 0.15) is 0 Å². The summed E-state index contributed by atoms with van der Waals surface area (Å²) in [7, 11) is 0. The van der Waals surface area contributed by atoms with E-state index in [1.807, 2.05) is 20.8 Å². The SMILES string of the molecule is CC(C)(C)CCCNC(=O)CCN1C(=O)CC(C(C)(C)C)C1=O. The van der Waals surface area contributed by atoms with E-state index < -0.39 is 0 Å². The van der Waals surface area contributed by atoms with Crippen LogP contribution in [0.4, 0.5) is 0 Å². The zero-order chi connectivity index (χ0) is 17.8. The third-order valence-corrected chi connectivity index (χ3v) is 4.28. The van der Waals surface area contributed by atoms with Crippen molar-refractivity contribution in [2.75, 3.05) is 13.1 Å². The fourth-order valence-electron chi connectivity index (χ4n) is 2.74. The molecule has 0 spiro atoms. The lowest BCUT2D eigenvalue weighted by atomic mass is 9.80. The average Bonchev–Trinajstić information content (AvgIpc) is 2.66. The highest BCUT2D eigenvalue weighted by atomic mass is 16.2. The molecule has 1 N–H and O–H groups in total. The number of likely N-dealkylation sites (tertiary alicyclic amines) is 1. The van der Waals surface area contributed by atoms with Gasteiger partial charge in [-0.3, -0.25) is 19.3 Å². The Hall–Kier alpha value is -1.39. The van der Waals surface area contributed by atoms with E-state index in [2.05, 4.69) is 26.1 Å². The number of nitrogens with zero attached hydrogens (tertiary/aromatic N) is 1. The molecule has 5 heteroatoms. The summed E-state index contributed by atoms with van der Waals surface area (Å²) in [6, 6.07) is 0. The molecular weight excluding hydrogens is 292 g/mol. The molecule has 5 nitrogen and oxygen atoms in total. The largest absolute Gasteiger partial charge is 0.356 e. The zero-order valence-corrected chi connectivity index (χ0v) is 15.5. The number of nitrogens with one attached hydrogen (secondary N) is 1. The molecule has 0 aromatic rings. The van der Waals surface area contributed by atoms with Crippen LogP contribution >= 0.6 is 0 Å². The molecular formula is C18H32N2O3. The minimum absolute atomic E-state index is 0.0984. The van der Waals surface area contributed by atoms with Crippen LogP contribution in [0.25, 0.3) is 0 Å². The molecule has 1 fully saturated rings. The topological polar surface area (TPSA) is 66.5 Å². The molecule has 1 atom stereocenters. The molecule has 0 aromatic carbocycles. The first-order chi connectivity index (χ1) is 10.4. The van der Waals surface area contributed by atoms with E-state index >= 15 is 0 Å². The van der Waals surface area contributed by atoms with Gasteiger partial charge in [-0.2, -0.15) is 0 Å². The third kappa shape index (κ3) is 6.32. The lowest BCUT2D eigenvalue weighted by Crippen LogP contribution is -2.37. The van der Waals surface area contributed by atoms with Crippen LogP contribution in [0, 0.1) is 16.7 Å². The number of rotatable bonds is 6. The maximum absolute atomic E-state index is 12.3. The van der Waals surface area contributed by atoms with Crippen molar-refractivity contribution in [3.63, 3.8) is 0 Å². The van der Waals surface area contributed by atoms with Gasteiger partial charge < -0.3 is 5.32 Å². The second kappa shape index (κ2) is 7.45. The van der Waals surface area contributed by atoms with Crippen LogP contribution in [0.2, 0.25) is 0 Å². The minimum Gasteiger partial charge on any atom is -0.356 e. The maximum atomic E-state index is 12.3. The number of carbonyl (C=O) groups is 3. The minimum atomic E-state index is -0.273. The van der Waals surface area contributed by atoms with Crippen molar-refractivity contribution in [3.05, 3.63) is 0 Å². The van der Waals surface area contributed by atoms with E-state index in [-0.39, 0.29) is 53.9 Å². The summed E-state index contributed by atoms with van der Waals surface area (Å²) in [6.07, 6.45) is 2.42. The molecule has 1 aliphatic rings.